The van der Waals surface area contributed by atoms with Crippen LogP contribution < -0.4 is 21.3 Å². The summed E-state index contributed by atoms with van der Waals surface area (Å²) >= 11 is 0. The Balaban J connectivity index is 1.37. The van der Waals surface area contributed by atoms with Gasteiger partial charge in [0.2, 0.25) is 0 Å². The Morgan fingerprint density at radius 3 is 2.04 bits per heavy atom. The van der Waals surface area contributed by atoms with Gasteiger partial charge in [-0.2, -0.15) is 0 Å². The molecular weight excluding hydrogens is 615 g/mol. The highest BCUT2D eigenvalue weighted by Gasteiger charge is 2.66. The minimum Gasteiger partial charge on any atom is -0.335 e. The lowest BCUT2D eigenvalue weighted by molar-refractivity contribution is 0.0321. The maximum absolute atomic E-state index is 2.93. The molecule has 4 unspecified atom stereocenters. The molecule has 262 valence electrons. The fraction of sp³-hybridized carbons (Fsp3) is 0.500. The summed E-state index contributed by atoms with van der Waals surface area (Å²) in [6.45, 7) is 27.1. The second kappa shape index (κ2) is 9.74. The molecule has 0 spiro atoms. The van der Waals surface area contributed by atoms with Gasteiger partial charge in [0, 0.05) is 38.8 Å². The van der Waals surface area contributed by atoms with Gasteiger partial charge in [-0.1, -0.05) is 119 Å². The fourth-order valence-corrected chi connectivity index (χ4v) is 12.1. The molecule has 0 amide bonds. The van der Waals surface area contributed by atoms with Gasteiger partial charge in [-0.25, -0.2) is 0 Å². The Morgan fingerprint density at radius 1 is 0.667 bits per heavy atom. The Morgan fingerprint density at radius 2 is 1.31 bits per heavy atom. The molecule has 5 aromatic rings. The van der Waals surface area contributed by atoms with Crippen molar-refractivity contribution in [3.63, 3.8) is 0 Å². The summed E-state index contributed by atoms with van der Waals surface area (Å²) in [6.07, 6.45) is 8.20. The van der Waals surface area contributed by atoms with Crippen LogP contribution in [0.3, 0.4) is 0 Å². The number of fused-ring (bicyclic) bond motifs is 12. The van der Waals surface area contributed by atoms with Crippen LogP contribution in [0.1, 0.15) is 137 Å². The smallest absolute Gasteiger partial charge is 0.252 e. The van der Waals surface area contributed by atoms with E-state index in [0.29, 0.717) is 0 Å². The minimum atomic E-state index is 0.0301. The molecule has 3 heteroatoms. The fourth-order valence-electron chi connectivity index (χ4n) is 12.1. The first-order valence-corrected chi connectivity index (χ1v) is 20.2. The summed E-state index contributed by atoms with van der Waals surface area (Å²) in [5.74, 6) is 1.58. The lowest BCUT2D eigenvalue weighted by atomic mass is 9.33. The second-order valence-electron chi connectivity index (χ2n) is 20.9. The van der Waals surface area contributed by atoms with E-state index in [1.54, 1.807) is 16.7 Å². The third kappa shape index (κ3) is 3.92. The van der Waals surface area contributed by atoms with E-state index in [9.17, 15) is 0 Å². The van der Waals surface area contributed by atoms with E-state index < -0.39 is 0 Å². The van der Waals surface area contributed by atoms with Gasteiger partial charge in [0.25, 0.3) is 6.71 Å². The van der Waals surface area contributed by atoms with E-state index in [0.717, 1.165) is 11.8 Å². The zero-order chi connectivity index (χ0) is 35.8. The first kappa shape index (κ1) is 32.2. The van der Waals surface area contributed by atoms with Crippen LogP contribution in [0.4, 0.5) is 11.4 Å². The number of rotatable bonds is 0. The van der Waals surface area contributed by atoms with Gasteiger partial charge in [-0.05, 0) is 123 Å². The van der Waals surface area contributed by atoms with Gasteiger partial charge in [-0.3, -0.25) is 0 Å². The van der Waals surface area contributed by atoms with Gasteiger partial charge >= 0.3 is 0 Å². The number of hydrogen-bond donors (Lipinski definition) is 0. The predicted molar refractivity (Wildman–Crippen MR) is 221 cm³/mol. The average molecular weight is 673 g/mol. The summed E-state index contributed by atoms with van der Waals surface area (Å²) < 4.78 is 2.67. The first-order valence-electron chi connectivity index (χ1n) is 20.2. The molecule has 1 aromatic heterocycles. The molecule has 4 aromatic carbocycles. The summed E-state index contributed by atoms with van der Waals surface area (Å²) in [6, 6.07) is 25.2. The van der Waals surface area contributed by atoms with Crippen molar-refractivity contribution in [2.75, 3.05) is 4.90 Å². The van der Waals surface area contributed by atoms with Gasteiger partial charge in [0.05, 0.1) is 11.1 Å². The van der Waals surface area contributed by atoms with Gasteiger partial charge in [-0.15, -0.1) is 0 Å². The van der Waals surface area contributed by atoms with E-state index in [1.807, 2.05) is 0 Å². The van der Waals surface area contributed by atoms with E-state index in [2.05, 4.69) is 146 Å². The van der Waals surface area contributed by atoms with Crippen LogP contribution in [-0.4, -0.2) is 16.8 Å². The van der Waals surface area contributed by atoms with Crippen molar-refractivity contribution in [1.29, 1.82) is 0 Å². The molecule has 2 nitrogen and oxygen atoms in total. The van der Waals surface area contributed by atoms with Crippen molar-refractivity contribution >= 4 is 56.3 Å². The minimum absolute atomic E-state index is 0.0301. The topological polar surface area (TPSA) is 8.17 Å². The largest absolute Gasteiger partial charge is 0.335 e. The Hall–Kier alpha value is -3.46. The molecule has 51 heavy (non-hydrogen) atoms. The third-order valence-corrected chi connectivity index (χ3v) is 15.1. The average Bonchev–Trinajstić information content (AvgIpc) is 3.51. The van der Waals surface area contributed by atoms with Gasteiger partial charge < -0.3 is 9.47 Å². The lowest BCUT2D eigenvalue weighted by Gasteiger charge is -2.58. The molecule has 4 heterocycles. The van der Waals surface area contributed by atoms with Gasteiger partial charge in [0.1, 0.15) is 0 Å². The summed E-state index contributed by atoms with van der Waals surface area (Å²) in [4.78, 5) is 2.93. The SMILES string of the molecule is CC(C)(C)c1cc2c3c(c1)C1(C)C4CCCCC4CCC1(C)N3c1cccc3c1B2c1cc(C(C)(C)C)cc2c4cc(C(C)(C)C)ccc4n-3c12. The molecular formula is C48H57BN2. The first-order chi connectivity index (χ1) is 23.9. The quantitative estimate of drug-likeness (QED) is 0.146. The van der Waals surface area contributed by atoms with Crippen LogP contribution in [-0.2, 0) is 21.7 Å². The van der Waals surface area contributed by atoms with E-state index in [-0.39, 0.29) is 33.9 Å². The number of benzene rings is 4. The number of aromatic nitrogens is 1. The van der Waals surface area contributed by atoms with E-state index in [4.69, 9.17) is 0 Å². The highest BCUT2D eigenvalue weighted by atomic mass is 15.3. The summed E-state index contributed by atoms with van der Waals surface area (Å²) in [5, 5.41) is 2.81. The van der Waals surface area contributed by atoms with Crippen molar-refractivity contribution < 1.29 is 0 Å². The molecule has 2 aliphatic carbocycles. The zero-order valence-electron chi connectivity index (χ0n) is 33.1. The van der Waals surface area contributed by atoms with Gasteiger partial charge in [0.15, 0.2) is 0 Å². The molecule has 0 radical (unpaired) electrons. The van der Waals surface area contributed by atoms with Crippen molar-refractivity contribution in [3.8, 4) is 5.69 Å². The molecule has 5 aliphatic rings. The maximum Gasteiger partial charge on any atom is 0.252 e. The van der Waals surface area contributed by atoms with Crippen LogP contribution in [0, 0.1) is 11.8 Å². The summed E-state index contributed by atoms with van der Waals surface area (Å²) in [7, 11) is 0. The number of hydrogen-bond acceptors (Lipinski definition) is 1. The molecule has 3 aliphatic heterocycles. The second-order valence-corrected chi connectivity index (χ2v) is 20.9. The molecule has 10 rings (SSSR count). The van der Waals surface area contributed by atoms with Crippen molar-refractivity contribution in [2.45, 2.75) is 142 Å². The Bertz CT molecular complexity index is 2340. The highest BCUT2D eigenvalue weighted by molar-refractivity contribution is 7.00. The van der Waals surface area contributed by atoms with Crippen molar-refractivity contribution in [1.82, 2.24) is 4.57 Å². The molecule has 4 atom stereocenters. The predicted octanol–water partition coefficient (Wildman–Crippen LogP) is 10.6. The zero-order valence-corrected chi connectivity index (χ0v) is 33.1. The van der Waals surface area contributed by atoms with E-state index >= 15 is 0 Å². The Labute approximate surface area is 307 Å². The van der Waals surface area contributed by atoms with Crippen molar-refractivity contribution in [3.05, 3.63) is 82.9 Å². The molecule has 0 bridgehead atoms. The molecule has 2 fully saturated rings. The van der Waals surface area contributed by atoms with Crippen LogP contribution in [0.5, 0.6) is 0 Å². The van der Waals surface area contributed by atoms with Crippen LogP contribution >= 0.6 is 0 Å². The van der Waals surface area contributed by atoms with E-state index in [1.165, 1.54) is 99.3 Å². The van der Waals surface area contributed by atoms with Crippen LogP contribution in [0.15, 0.2) is 60.7 Å². The number of anilines is 2. The molecule has 0 N–H and O–H groups in total. The van der Waals surface area contributed by atoms with Crippen molar-refractivity contribution in [2.24, 2.45) is 11.8 Å². The van der Waals surface area contributed by atoms with Crippen LogP contribution in [0.25, 0.3) is 27.5 Å². The standard InChI is InChI=1S/C48H57BN2/c1-44(2,3)29-19-20-38-32(23-29)33-24-30(45(4,5)6)26-36-42(33)50(38)39-17-14-18-40-41(39)49(36)37-27-31(46(7,8)9)25-35-43(37)51(40)47(10)22-21-28-15-12-13-16-34(28)48(35,47)11/h14,17-20,23-28,34H,12-13,15-16,21-22H2,1-11H3. The molecule has 0 saturated heterocycles. The lowest BCUT2D eigenvalue weighted by Crippen LogP contribution is -2.65. The number of nitrogens with zero attached hydrogens (tertiary/aromatic N) is 2. The normalized spacial score (nSPS) is 26.3. The monoisotopic (exact) mass is 672 g/mol. The Kier molecular flexibility index (Phi) is 6.15. The molecule has 2 saturated carbocycles. The maximum atomic E-state index is 2.93. The summed E-state index contributed by atoms with van der Waals surface area (Å²) in [5.41, 5.74) is 18.0. The third-order valence-electron chi connectivity index (χ3n) is 15.1. The highest BCUT2D eigenvalue weighted by Crippen LogP contribution is 2.66. The van der Waals surface area contributed by atoms with Crippen LogP contribution in [0.2, 0.25) is 0 Å².